The van der Waals surface area contributed by atoms with Gasteiger partial charge in [-0.05, 0) is 42.0 Å². The second-order valence-corrected chi connectivity index (χ2v) is 8.98. The molecule has 4 nitrogen and oxygen atoms in total. The largest absolute Gasteiger partial charge is 0.383 e. The van der Waals surface area contributed by atoms with Crippen molar-refractivity contribution in [3.63, 3.8) is 0 Å². The van der Waals surface area contributed by atoms with E-state index in [1.807, 2.05) is 0 Å². The predicted molar refractivity (Wildman–Crippen MR) is 96.5 cm³/mol. The zero-order valence-electron chi connectivity index (χ0n) is 13.3. The fourth-order valence-electron chi connectivity index (χ4n) is 3.35. The average molecular weight is 396 g/mol. The van der Waals surface area contributed by atoms with Crippen molar-refractivity contribution in [3.05, 3.63) is 64.1 Å². The molecule has 130 valence electrons. The Morgan fingerprint density at radius 2 is 1.60 bits per heavy atom. The maximum atomic E-state index is 13.1. The molecule has 0 amide bonds. The fourth-order valence-corrected chi connectivity index (χ4v) is 5.91. The number of ether oxygens (including phenoxy) is 1. The summed E-state index contributed by atoms with van der Waals surface area (Å²) in [7, 11) is -2.27. The van der Waals surface area contributed by atoms with Gasteiger partial charge in [0.05, 0.1) is 22.8 Å². The maximum absolute atomic E-state index is 13.1. The summed E-state index contributed by atoms with van der Waals surface area (Å²) >= 11 is 11.8. The van der Waals surface area contributed by atoms with Gasteiger partial charge in [0.1, 0.15) is 5.41 Å². The first-order chi connectivity index (χ1) is 11.9. The van der Waals surface area contributed by atoms with E-state index in [4.69, 9.17) is 27.9 Å². The monoisotopic (exact) mass is 395 g/mol. The van der Waals surface area contributed by atoms with E-state index in [0.29, 0.717) is 10.0 Å². The average Bonchev–Trinajstić information content (AvgIpc) is 3.26. The van der Waals surface area contributed by atoms with Gasteiger partial charge in [0.25, 0.3) is 0 Å². The van der Waals surface area contributed by atoms with Crippen molar-refractivity contribution < 1.29 is 13.2 Å². The Morgan fingerprint density at radius 1 is 1.08 bits per heavy atom. The summed E-state index contributed by atoms with van der Waals surface area (Å²) in [6, 6.07) is 15.1. The van der Waals surface area contributed by atoms with Crippen LogP contribution in [0, 0.1) is 16.7 Å². The number of hydrogen-bond acceptors (Lipinski definition) is 4. The zero-order valence-corrected chi connectivity index (χ0v) is 15.6. The molecule has 0 N–H and O–H groups in total. The summed E-state index contributed by atoms with van der Waals surface area (Å²) in [5.41, 5.74) is -0.369. The minimum Gasteiger partial charge on any atom is -0.383 e. The van der Waals surface area contributed by atoms with Crippen LogP contribution in [-0.4, -0.2) is 27.4 Å². The molecule has 0 spiro atoms. The van der Waals surface area contributed by atoms with Crippen LogP contribution in [0.4, 0.5) is 0 Å². The molecule has 0 radical (unpaired) electrons. The van der Waals surface area contributed by atoms with Gasteiger partial charge in [-0.2, -0.15) is 5.26 Å². The molecule has 1 aliphatic rings. The summed E-state index contributed by atoms with van der Waals surface area (Å²) in [5.74, 6) is -0.476. The molecular formula is C18H15Cl2NO3S. The number of halogens is 2. The van der Waals surface area contributed by atoms with Gasteiger partial charge in [0.15, 0.2) is 9.84 Å². The van der Waals surface area contributed by atoms with Crippen LogP contribution in [-0.2, 0) is 14.6 Å². The van der Waals surface area contributed by atoms with Crippen molar-refractivity contribution in [3.8, 4) is 6.07 Å². The highest BCUT2D eigenvalue weighted by Crippen LogP contribution is 2.63. The third kappa shape index (κ3) is 3.04. The lowest BCUT2D eigenvalue weighted by Gasteiger charge is -2.08. The van der Waals surface area contributed by atoms with E-state index in [1.54, 1.807) is 24.3 Å². The molecule has 3 atom stereocenters. The Hall–Kier alpha value is -1.58. The Balaban J connectivity index is 2.07. The first-order valence-electron chi connectivity index (χ1n) is 7.52. The molecule has 2 aromatic carbocycles. The van der Waals surface area contributed by atoms with Gasteiger partial charge in [-0.25, -0.2) is 8.42 Å². The normalized spacial score (nSPS) is 25.4. The molecule has 7 heteroatoms. The van der Waals surface area contributed by atoms with Crippen molar-refractivity contribution in [1.82, 2.24) is 0 Å². The van der Waals surface area contributed by atoms with Crippen LogP contribution < -0.4 is 0 Å². The Labute approximate surface area is 156 Å². The number of nitrogens with zero attached hydrogens (tertiary/aromatic N) is 1. The zero-order chi connectivity index (χ0) is 18.2. The Morgan fingerprint density at radius 3 is 2.08 bits per heavy atom. The van der Waals surface area contributed by atoms with Crippen LogP contribution in [0.15, 0.2) is 53.4 Å². The fraction of sp³-hybridized carbons (Fsp3) is 0.278. The first-order valence-corrected chi connectivity index (χ1v) is 9.82. The van der Waals surface area contributed by atoms with Gasteiger partial charge >= 0.3 is 0 Å². The highest BCUT2D eigenvalue weighted by atomic mass is 35.5. The summed E-state index contributed by atoms with van der Waals surface area (Å²) in [6.45, 7) is 0.0360. The molecule has 2 aromatic rings. The van der Waals surface area contributed by atoms with Gasteiger partial charge in [0, 0.05) is 23.1 Å². The van der Waals surface area contributed by atoms with Gasteiger partial charge in [-0.1, -0.05) is 35.3 Å². The second-order valence-electron chi connectivity index (χ2n) is 6.03. The van der Waals surface area contributed by atoms with Gasteiger partial charge < -0.3 is 4.74 Å². The minimum atomic E-state index is -3.73. The number of methoxy groups -OCH3 is 1. The minimum absolute atomic E-state index is 0.0360. The van der Waals surface area contributed by atoms with E-state index < -0.39 is 26.4 Å². The summed E-state index contributed by atoms with van der Waals surface area (Å²) in [4.78, 5) is 0.147. The SMILES string of the molecule is COC[C@]1(C#N)[C@H](c2ccc(Cl)cc2)[C@H]1S(=O)(=O)c1ccc(Cl)cc1. The Bertz CT molecular complexity index is 920. The summed E-state index contributed by atoms with van der Waals surface area (Å²) in [6.07, 6.45) is 0. The number of hydrogen-bond donors (Lipinski definition) is 0. The van der Waals surface area contributed by atoms with Crippen LogP contribution in [0.25, 0.3) is 0 Å². The van der Waals surface area contributed by atoms with Crippen LogP contribution in [0.5, 0.6) is 0 Å². The van der Waals surface area contributed by atoms with Crippen LogP contribution in [0.3, 0.4) is 0 Å². The van der Waals surface area contributed by atoms with Crippen LogP contribution in [0.2, 0.25) is 10.0 Å². The van der Waals surface area contributed by atoms with E-state index in [0.717, 1.165) is 5.56 Å². The van der Waals surface area contributed by atoms with Gasteiger partial charge in [-0.15, -0.1) is 0 Å². The van der Waals surface area contributed by atoms with Crippen LogP contribution >= 0.6 is 23.2 Å². The van der Waals surface area contributed by atoms with E-state index in [-0.39, 0.29) is 11.5 Å². The van der Waals surface area contributed by atoms with Crippen molar-refractivity contribution in [2.45, 2.75) is 16.1 Å². The van der Waals surface area contributed by atoms with Crippen molar-refractivity contribution >= 4 is 33.0 Å². The van der Waals surface area contributed by atoms with Crippen molar-refractivity contribution in [1.29, 1.82) is 5.26 Å². The summed E-state index contributed by atoms with van der Waals surface area (Å²) in [5, 5.41) is 9.88. The lowest BCUT2D eigenvalue weighted by atomic mass is 10.0. The van der Waals surface area contributed by atoms with Crippen LogP contribution in [0.1, 0.15) is 11.5 Å². The molecule has 0 saturated heterocycles. The highest BCUT2D eigenvalue weighted by Gasteiger charge is 2.72. The number of rotatable bonds is 5. The topological polar surface area (TPSA) is 67.2 Å². The van der Waals surface area contributed by atoms with Crippen molar-refractivity contribution in [2.75, 3.05) is 13.7 Å². The molecule has 0 aliphatic heterocycles. The molecule has 3 rings (SSSR count). The lowest BCUT2D eigenvalue weighted by Crippen LogP contribution is -2.19. The molecule has 1 aliphatic carbocycles. The Kier molecular flexibility index (Phi) is 4.82. The number of sulfone groups is 1. The van der Waals surface area contributed by atoms with Gasteiger partial charge in [0.2, 0.25) is 0 Å². The standard InChI is InChI=1S/C18H15Cl2NO3S/c1-24-11-18(10-21)16(12-2-4-13(19)5-3-12)17(18)25(22,23)15-8-6-14(20)7-9-15/h2-9,16-17H,11H2,1H3/t16-,17-,18-/m1/s1. The van der Waals surface area contributed by atoms with E-state index >= 15 is 0 Å². The smallest absolute Gasteiger partial charge is 0.183 e. The number of nitriles is 1. The van der Waals surface area contributed by atoms with E-state index in [9.17, 15) is 13.7 Å². The molecular weight excluding hydrogens is 381 g/mol. The molecule has 25 heavy (non-hydrogen) atoms. The molecule has 1 saturated carbocycles. The highest BCUT2D eigenvalue weighted by molar-refractivity contribution is 7.92. The van der Waals surface area contributed by atoms with E-state index in [1.165, 1.54) is 31.4 Å². The predicted octanol–water partition coefficient (Wildman–Crippen LogP) is 4.09. The molecule has 0 bridgehead atoms. The maximum Gasteiger partial charge on any atom is 0.183 e. The van der Waals surface area contributed by atoms with E-state index in [2.05, 4.69) is 6.07 Å². The lowest BCUT2D eigenvalue weighted by molar-refractivity contribution is 0.162. The molecule has 0 aromatic heterocycles. The molecule has 0 unspecified atom stereocenters. The summed E-state index contributed by atoms with van der Waals surface area (Å²) < 4.78 is 31.4. The third-order valence-electron chi connectivity index (χ3n) is 4.55. The molecule has 1 fully saturated rings. The second kappa shape index (κ2) is 6.62. The van der Waals surface area contributed by atoms with Gasteiger partial charge in [-0.3, -0.25) is 0 Å². The van der Waals surface area contributed by atoms with Crippen molar-refractivity contribution in [2.24, 2.45) is 5.41 Å². The number of benzene rings is 2. The third-order valence-corrected chi connectivity index (χ3v) is 7.35. The quantitative estimate of drug-likeness (QED) is 0.764. The molecule has 0 heterocycles. The first kappa shape index (κ1) is 18.2.